The number of carbonyl (C=O) groups is 1. The highest BCUT2D eigenvalue weighted by molar-refractivity contribution is 7.94. The van der Waals surface area contributed by atoms with Crippen molar-refractivity contribution in [3.8, 4) is 0 Å². The molecule has 1 aromatic heterocycles. The van der Waals surface area contributed by atoms with Gasteiger partial charge in [0.05, 0.1) is 0 Å². The minimum Gasteiger partial charge on any atom is -0.338 e. The van der Waals surface area contributed by atoms with Gasteiger partial charge in [-0.3, -0.25) is 9.52 Å². The van der Waals surface area contributed by atoms with E-state index in [1.807, 2.05) is 4.90 Å². The summed E-state index contributed by atoms with van der Waals surface area (Å²) in [5.41, 5.74) is 1.03. The topological polar surface area (TPSA) is 66.5 Å². The molecule has 0 aliphatic carbocycles. The van der Waals surface area contributed by atoms with Gasteiger partial charge in [0.15, 0.2) is 0 Å². The van der Waals surface area contributed by atoms with Gasteiger partial charge in [-0.25, -0.2) is 8.42 Å². The Bertz CT molecular complexity index is 820. The van der Waals surface area contributed by atoms with E-state index in [-0.39, 0.29) is 10.1 Å². The zero-order valence-corrected chi connectivity index (χ0v) is 15.9. The molecule has 0 bridgehead atoms. The molecule has 1 aliphatic heterocycles. The molecule has 0 radical (unpaired) electrons. The van der Waals surface area contributed by atoms with Crippen molar-refractivity contribution < 1.29 is 13.2 Å². The van der Waals surface area contributed by atoms with E-state index in [9.17, 15) is 13.2 Å². The van der Waals surface area contributed by atoms with E-state index in [2.05, 4.69) is 18.6 Å². The molecule has 1 N–H and O–H groups in total. The van der Waals surface area contributed by atoms with Crippen molar-refractivity contribution in [3.63, 3.8) is 0 Å². The molecule has 2 atom stereocenters. The Labute approximate surface area is 152 Å². The summed E-state index contributed by atoms with van der Waals surface area (Å²) in [7, 11) is -3.56. The summed E-state index contributed by atoms with van der Waals surface area (Å²) in [4.78, 5) is 14.6. The largest absolute Gasteiger partial charge is 0.338 e. The van der Waals surface area contributed by atoms with Crippen LogP contribution in [-0.4, -0.2) is 32.3 Å². The second kappa shape index (κ2) is 7.17. The summed E-state index contributed by atoms with van der Waals surface area (Å²) in [6.45, 7) is 5.88. The van der Waals surface area contributed by atoms with Crippen LogP contribution >= 0.6 is 11.3 Å². The van der Waals surface area contributed by atoms with E-state index in [0.29, 0.717) is 23.1 Å². The van der Waals surface area contributed by atoms with Gasteiger partial charge in [-0.2, -0.15) is 0 Å². The Balaban J connectivity index is 1.71. The van der Waals surface area contributed by atoms with Crippen LogP contribution in [0.4, 0.5) is 5.69 Å². The number of thiophene rings is 1. The van der Waals surface area contributed by atoms with Crippen LogP contribution in [-0.2, 0) is 10.0 Å². The third-order valence-corrected chi connectivity index (χ3v) is 7.08. The van der Waals surface area contributed by atoms with Gasteiger partial charge < -0.3 is 4.90 Å². The second-order valence-corrected chi connectivity index (χ2v) is 9.63. The maximum absolute atomic E-state index is 12.7. The predicted molar refractivity (Wildman–Crippen MR) is 100 cm³/mol. The molecule has 25 heavy (non-hydrogen) atoms. The summed E-state index contributed by atoms with van der Waals surface area (Å²) in [5.74, 6) is 1.01. The van der Waals surface area contributed by atoms with Crippen LogP contribution in [0.15, 0.2) is 46.0 Å². The quantitative estimate of drug-likeness (QED) is 0.883. The first-order valence-electron chi connectivity index (χ1n) is 8.31. The molecule has 1 amide bonds. The molecule has 0 unspecified atom stereocenters. The molecule has 3 rings (SSSR count). The number of likely N-dealkylation sites (tertiary alicyclic amines) is 1. The third kappa shape index (κ3) is 4.22. The average Bonchev–Trinajstić information content (AvgIpc) is 3.09. The molecule has 1 aliphatic rings. The van der Waals surface area contributed by atoms with E-state index >= 15 is 0 Å². The van der Waals surface area contributed by atoms with Crippen LogP contribution in [0.5, 0.6) is 0 Å². The third-order valence-electron chi connectivity index (χ3n) is 4.30. The van der Waals surface area contributed by atoms with Gasteiger partial charge in [0.25, 0.3) is 15.9 Å². The molecule has 0 saturated carbocycles. The van der Waals surface area contributed by atoms with Crippen LogP contribution in [0.3, 0.4) is 0 Å². The zero-order chi connectivity index (χ0) is 18.0. The maximum Gasteiger partial charge on any atom is 0.271 e. The Kier molecular flexibility index (Phi) is 5.15. The minimum atomic E-state index is -3.56. The van der Waals surface area contributed by atoms with E-state index in [1.165, 1.54) is 11.3 Å². The summed E-state index contributed by atoms with van der Waals surface area (Å²) in [6, 6.07) is 9.88. The number of carbonyl (C=O) groups excluding carboxylic acids is 1. The second-order valence-electron chi connectivity index (χ2n) is 6.77. The summed E-state index contributed by atoms with van der Waals surface area (Å²) in [6.07, 6.45) is 1.15. The van der Waals surface area contributed by atoms with Gasteiger partial charge in [-0.1, -0.05) is 19.9 Å². The molecular formula is C18H22N2O3S2. The van der Waals surface area contributed by atoms with Gasteiger partial charge in [-0.15, -0.1) is 11.3 Å². The molecule has 1 aromatic carbocycles. The normalized spacial score (nSPS) is 21.1. The minimum absolute atomic E-state index is 0.00561. The van der Waals surface area contributed by atoms with Crippen molar-refractivity contribution in [1.29, 1.82) is 0 Å². The summed E-state index contributed by atoms with van der Waals surface area (Å²) in [5, 5.41) is 1.72. The zero-order valence-electron chi connectivity index (χ0n) is 14.3. The van der Waals surface area contributed by atoms with Crippen molar-refractivity contribution in [1.82, 2.24) is 4.90 Å². The molecule has 1 fully saturated rings. The molecule has 2 aromatic rings. The Morgan fingerprint density at radius 3 is 2.32 bits per heavy atom. The lowest BCUT2D eigenvalue weighted by atomic mass is 9.91. The first-order chi connectivity index (χ1) is 11.8. The number of hydrogen-bond donors (Lipinski definition) is 1. The van der Waals surface area contributed by atoms with E-state index < -0.39 is 10.0 Å². The van der Waals surface area contributed by atoms with E-state index in [4.69, 9.17) is 0 Å². The van der Waals surface area contributed by atoms with Crippen molar-refractivity contribution >= 4 is 33.0 Å². The number of benzene rings is 1. The number of piperidine rings is 1. The van der Waals surface area contributed by atoms with Crippen molar-refractivity contribution in [3.05, 3.63) is 47.3 Å². The van der Waals surface area contributed by atoms with Gasteiger partial charge in [0.2, 0.25) is 0 Å². The number of nitrogens with zero attached hydrogens (tertiary/aromatic N) is 1. The Morgan fingerprint density at radius 1 is 1.12 bits per heavy atom. The maximum atomic E-state index is 12.7. The molecule has 0 spiro atoms. The monoisotopic (exact) mass is 378 g/mol. The highest BCUT2D eigenvalue weighted by Gasteiger charge is 2.26. The number of sulfonamides is 1. The Hall–Kier alpha value is -1.86. The molecule has 134 valence electrons. The molecule has 7 heteroatoms. The van der Waals surface area contributed by atoms with Gasteiger partial charge in [-0.05, 0) is 54.0 Å². The van der Waals surface area contributed by atoms with Crippen LogP contribution in [0, 0.1) is 11.8 Å². The Morgan fingerprint density at radius 2 is 1.76 bits per heavy atom. The van der Waals surface area contributed by atoms with E-state index in [0.717, 1.165) is 19.5 Å². The van der Waals surface area contributed by atoms with Crippen molar-refractivity contribution in [2.24, 2.45) is 11.8 Å². The van der Waals surface area contributed by atoms with Crippen molar-refractivity contribution in [2.45, 2.75) is 24.5 Å². The fraction of sp³-hybridized carbons (Fsp3) is 0.389. The van der Waals surface area contributed by atoms with Crippen LogP contribution < -0.4 is 4.72 Å². The number of anilines is 1. The molecule has 5 nitrogen and oxygen atoms in total. The molecule has 1 saturated heterocycles. The number of hydrogen-bond acceptors (Lipinski definition) is 4. The summed E-state index contributed by atoms with van der Waals surface area (Å²) < 4.78 is 27.3. The lowest BCUT2D eigenvalue weighted by Crippen LogP contribution is -2.42. The average molecular weight is 379 g/mol. The van der Waals surface area contributed by atoms with Crippen molar-refractivity contribution in [2.75, 3.05) is 17.8 Å². The fourth-order valence-corrected chi connectivity index (χ4v) is 5.37. The first kappa shape index (κ1) is 17.9. The first-order valence-corrected chi connectivity index (χ1v) is 10.7. The van der Waals surface area contributed by atoms with E-state index in [1.54, 1.807) is 41.8 Å². The molecule has 2 heterocycles. The van der Waals surface area contributed by atoms with Crippen LogP contribution in [0.2, 0.25) is 0 Å². The smallest absolute Gasteiger partial charge is 0.271 e. The number of amides is 1. The highest BCUT2D eigenvalue weighted by atomic mass is 32.2. The number of nitrogens with one attached hydrogen (secondary N) is 1. The van der Waals surface area contributed by atoms with Gasteiger partial charge in [0.1, 0.15) is 4.21 Å². The SMILES string of the molecule is C[C@@H]1C[C@H](C)CN(C(=O)c2ccc(NS(=O)(=O)c3cccs3)cc2)C1. The predicted octanol–water partition coefficient (Wildman–Crippen LogP) is 3.67. The van der Waals surface area contributed by atoms with Crippen LogP contribution in [0.1, 0.15) is 30.6 Å². The summed E-state index contributed by atoms with van der Waals surface area (Å²) >= 11 is 1.17. The lowest BCUT2D eigenvalue weighted by Gasteiger charge is -2.35. The number of rotatable bonds is 4. The van der Waals surface area contributed by atoms with Crippen LogP contribution in [0.25, 0.3) is 0 Å². The lowest BCUT2D eigenvalue weighted by molar-refractivity contribution is 0.0623. The molecular weight excluding hydrogens is 356 g/mol. The highest BCUT2D eigenvalue weighted by Crippen LogP contribution is 2.24. The van der Waals surface area contributed by atoms with Gasteiger partial charge >= 0.3 is 0 Å². The van der Waals surface area contributed by atoms with Gasteiger partial charge in [0, 0.05) is 24.3 Å². The standard InChI is InChI=1S/C18H22N2O3S2/c1-13-10-14(2)12-20(11-13)18(21)15-5-7-16(8-6-15)19-25(22,23)17-4-3-9-24-17/h3-9,13-14,19H,10-12H2,1-2H3/t13-,14+. The fourth-order valence-electron chi connectivity index (χ4n) is 3.31.